The molecule has 0 saturated carbocycles. The molecular formula is C17H21NO2. The predicted octanol–water partition coefficient (Wildman–Crippen LogP) is 2.78. The van der Waals surface area contributed by atoms with Crippen molar-refractivity contribution in [1.29, 1.82) is 0 Å². The molecule has 0 aromatic heterocycles. The smallest absolute Gasteiger partial charge is 0.122 e. The van der Waals surface area contributed by atoms with E-state index < -0.39 is 0 Å². The van der Waals surface area contributed by atoms with E-state index >= 15 is 0 Å². The van der Waals surface area contributed by atoms with E-state index in [-0.39, 0.29) is 6.04 Å². The fourth-order valence-electron chi connectivity index (χ4n) is 2.12. The molecule has 0 aliphatic rings. The highest BCUT2D eigenvalue weighted by Gasteiger charge is 2.08. The molecule has 1 atom stereocenters. The molecular weight excluding hydrogens is 250 g/mol. The van der Waals surface area contributed by atoms with Crippen LogP contribution in [-0.2, 0) is 17.8 Å². The van der Waals surface area contributed by atoms with Crippen LogP contribution in [0.5, 0.6) is 5.75 Å². The Hall–Kier alpha value is -1.84. The van der Waals surface area contributed by atoms with Gasteiger partial charge in [-0.2, -0.15) is 0 Å². The van der Waals surface area contributed by atoms with E-state index in [2.05, 4.69) is 0 Å². The second-order valence-corrected chi connectivity index (χ2v) is 4.78. The maximum atomic E-state index is 6.11. The van der Waals surface area contributed by atoms with Crippen molar-refractivity contribution in [2.24, 2.45) is 5.73 Å². The molecule has 0 aliphatic heterocycles. The van der Waals surface area contributed by atoms with Crippen LogP contribution < -0.4 is 10.5 Å². The van der Waals surface area contributed by atoms with Crippen molar-refractivity contribution < 1.29 is 9.47 Å². The summed E-state index contributed by atoms with van der Waals surface area (Å²) < 4.78 is 11.0. The van der Waals surface area contributed by atoms with E-state index in [1.807, 2.05) is 54.6 Å². The van der Waals surface area contributed by atoms with Gasteiger partial charge in [-0.25, -0.2) is 0 Å². The van der Waals surface area contributed by atoms with Gasteiger partial charge in [-0.1, -0.05) is 48.5 Å². The van der Waals surface area contributed by atoms with E-state index in [1.54, 1.807) is 7.11 Å². The van der Waals surface area contributed by atoms with Crippen LogP contribution in [-0.4, -0.2) is 19.8 Å². The first-order chi connectivity index (χ1) is 9.79. The first-order valence-electron chi connectivity index (χ1n) is 6.78. The molecule has 2 aromatic rings. The first-order valence-corrected chi connectivity index (χ1v) is 6.78. The Balaban J connectivity index is 1.79. The normalized spacial score (nSPS) is 12.1. The molecule has 1 unspecified atom stereocenters. The Morgan fingerprint density at radius 3 is 2.45 bits per heavy atom. The highest BCUT2D eigenvalue weighted by Crippen LogP contribution is 2.18. The van der Waals surface area contributed by atoms with Gasteiger partial charge in [0.05, 0.1) is 20.3 Å². The Bertz CT molecular complexity index is 513. The molecule has 0 fully saturated rings. The number of methoxy groups -OCH3 is 1. The van der Waals surface area contributed by atoms with Crippen LogP contribution in [0.25, 0.3) is 0 Å². The maximum Gasteiger partial charge on any atom is 0.122 e. The van der Waals surface area contributed by atoms with E-state index in [1.165, 1.54) is 0 Å². The summed E-state index contributed by atoms with van der Waals surface area (Å²) in [6.07, 6.45) is 0.749. The van der Waals surface area contributed by atoms with Gasteiger partial charge in [0.2, 0.25) is 0 Å². The molecule has 20 heavy (non-hydrogen) atoms. The third-order valence-corrected chi connectivity index (χ3v) is 3.12. The predicted molar refractivity (Wildman–Crippen MR) is 80.8 cm³/mol. The lowest BCUT2D eigenvalue weighted by Crippen LogP contribution is -2.28. The Morgan fingerprint density at radius 1 is 1.00 bits per heavy atom. The van der Waals surface area contributed by atoms with Gasteiger partial charge < -0.3 is 15.2 Å². The molecule has 2 aromatic carbocycles. The van der Waals surface area contributed by atoms with Crippen molar-refractivity contribution in [3.63, 3.8) is 0 Å². The molecule has 2 rings (SSSR count). The summed E-state index contributed by atoms with van der Waals surface area (Å²) in [7, 11) is 1.68. The van der Waals surface area contributed by atoms with Crippen LogP contribution in [0.3, 0.4) is 0 Å². The molecule has 0 spiro atoms. The zero-order valence-corrected chi connectivity index (χ0v) is 11.8. The standard InChI is InChI=1S/C17H21NO2/c1-19-17-10-6-5-9-15(17)11-16(18)13-20-12-14-7-3-2-4-8-14/h2-10,16H,11-13,18H2,1H3. The maximum absolute atomic E-state index is 6.11. The molecule has 0 heterocycles. The quantitative estimate of drug-likeness (QED) is 0.842. The second-order valence-electron chi connectivity index (χ2n) is 4.78. The lowest BCUT2D eigenvalue weighted by Gasteiger charge is -2.14. The van der Waals surface area contributed by atoms with Crippen molar-refractivity contribution >= 4 is 0 Å². The highest BCUT2D eigenvalue weighted by molar-refractivity contribution is 5.33. The van der Waals surface area contributed by atoms with Crippen LogP contribution in [0, 0.1) is 0 Å². The van der Waals surface area contributed by atoms with Crippen LogP contribution in [0.15, 0.2) is 54.6 Å². The summed E-state index contributed by atoms with van der Waals surface area (Å²) in [5.74, 6) is 0.881. The molecule has 3 nitrogen and oxygen atoms in total. The average molecular weight is 271 g/mol. The highest BCUT2D eigenvalue weighted by atomic mass is 16.5. The Labute approximate surface area is 120 Å². The van der Waals surface area contributed by atoms with E-state index in [4.69, 9.17) is 15.2 Å². The summed E-state index contributed by atoms with van der Waals surface area (Å²) in [5, 5.41) is 0. The van der Waals surface area contributed by atoms with Gasteiger partial charge in [0.1, 0.15) is 5.75 Å². The van der Waals surface area contributed by atoms with Crippen molar-refractivity contribution in [3.05, 3.63) is 65.7 Å². The molecule has 0 amide bonds. The van der Waals surface area contributed by atoms with Crippen LogP contribution >= 0.6 is 0 Å². The summed E-state index contributed by atoms with van der Waals surface area (Å²) in [4.78, 5) is 0. The first kappa shape index (κ1) is 14.6. The van der Waals surface area contributed by atoms with Gasteiger partial charge in [-0.05, 0) is 23.6 Å². The third kappa shape index (κ3) is 4.37. The van der Waals surface area contributed by atoms with Crippen LogP contribution in [0.1, 0.15) is 11.1 Å². The minimum atomic E-state index is -0.0324. The van der Waals surface area contributed by atoms with Crippen LogP contribution in [0.2, 0.25) is 0 Å². The summed E-state index contributed by atoms with van der Waals surface area (Å²) in [6.45, 7) is 1.13. The zero-order chi connectivity index (χ0) is 14.2. The number of benzene rings is 2. The van der Waals surface area contributed by atoms with Crippen molar-refractivity contribution in [2.45, 2.75) is 19.1 Å². The second kappa shape index (κ2) is 7.68. The minimum Gasteiger partial charge on any atom is -0.496 e. The molecule has 106 valence electrons. The van der Waals surface area contributed by atoms with Gasteiger partial charge >= 0.3 is 0 Å². The average Bonchev–Trinajstić information content (AvgIpc) is 2.49. The zero-order valence-electron chi connectivity index (χ0n) is 11.8. The molecule has 2 N–H and O–H groups in total. The molecule has 0 bridgehead atoms. The Kier molecular flexibility index (Phi) is 5.59. The number of hydrogen-bond acceptors (Lipinski definition) is 3. The number of nitrogens with two attached hydrogens (primary N) is 1. The lowest BCUT2D eigenvalue weighted by molar-refractivity contribution is 0.108. The van der Waals surface area contributed by atoms with E-state index in [9.17, 15) is 0 Å². The largest absolute Gasteiger partial charge is 0.496 e. The fourth-order valence-corrected chi connectivity index (χ4v) is 2.12. The summed E-state index contributed by atoms with van der Waals surface area (Å²) in [5.41, 5.74) is 8.39. The van der Waals surface area contributed by atoms with Crippen LogP contribution in [0.4, 0.5) is 0 Å². The van der Waals surface area contributed by atoms with Crippen molar-refractivity contribution in [3.8, 4) is 5.75 Å². The fraction of sp³-hybridized carbons (Fsp3) is 0.294. The van der Waals surface area contributed by atoms with Crippen molar-refractivity contribution in [2.75, 3.05) is 13.7 Å². The molecule has 3 heteroatoms. The summed E-state index contributed by atoms with van der Waals surface area (Å²) in [6, 6.07) is 18.0. The molecule has 0 radical (unpaired) electrons. The van der Waals surface area contributed by atoms with Gasteiger partial charge in [0.25, 0.3) is 0 Å². The molecule has 0 saturated heterocycles. The van der Waals surface area contributed by atoms with Crippen molar-refractivity contribution in [1.82, 2.24) is 0 Å². The number of hydrogen-bond donors (Lipinski definition) is 1. The minimum absolute atomic E-state index is 0.0324. The van der Waals surface area contributed by atoms with E-state index in [0.717, 1.165) is 23.3 Å². The van der Waals surface area contributed by atoms with Gasteiger partial charge in [0, 0.05) is 6.04 Å². The molecule has 0 aliphatic carbocycles. The number of para-hydroxylation sites is 1. The third-order valence-electron chi connectivity index (χ3n) is 3.12. The number of rotatable bonds is 7. The Morgan fingerprint density at radius 2 is 1.70 bits per heavy atom. The lowest BCUT2D eigenvalue weighted by atomic mass is 10.1. The van der Waals surface area contributed by atoms with Gasteiger partial charge in [0.15, 0.2) is 0 Å². The van der Waals surface area contributed by atoms with Gasteiger partial charge in [-0.3, -0.25) is 0 Å². The monoisotopic (exact) mass is 271 g/mol. The topological polar surface area (TPSA) is 44.5 Å². The SMILES string of the molecule is COc1ccccc1CC(N)COCc1ccccc1. The van der Waals surface area contributed by atoms with E-state index in [0.29, 0.717) is 13.2 Å². The number of ether oxygens (including phenoxy) is 2. The summed E-state index contributed by atoms with van der Waals surface area (Å²) >= 11 is 0. The van der Waals surface area contributed by atoms with Gasteiger partial charge in [-0.15, -0.1) is 0 Å².